The molecule has 6 nitrogen and oxygen atoms in total. The van der Waals surface area contributed by atoms with E-state index in [9.17, 15) is 9.59 Å². The van der Waals surface area contributed by atoms with Crippen LogP contribution in [-0.4, -0.2) is 28.2 Å². The highest BCUT2D eigenvalue weighted by Gasteiger charge is 2.21. The second-order valence-corrected chi connectivity index (χ2v) is 3.10. The summed E-state index contributed by atoms with van der Waals surface area (Å²) < 4.78 is 4.69. The third kappa shape index (κ3) is 2.85. The Bertz CT molecular complexity index is 444. The standard InChI is InChI=1S/C10H10N2O4/c1-3-4-7(10(14)15)11-9(13)8-5-6(2)16-12-8/h1,5,7H,4H2,2H3,(H,11,13)(H,14,15). The Morgan fingerprint density at radius 1 is 1.75 bits per heavy atom. The van der Waals surface area contributed by atoms with Crippen LogP contribution in [0.5, 0.6) is 0 Å². The average molecular weight is 222 g/mol. The van der Waals surface area contributed by atoms with Gasteiger partial charge in [0, 0.05) is 12.5 Å². The van der Waals surface area contributed by atoms with Crippen LogP contribution < -0.4 is 5.32 Å². The molecule has 1 amide bonds. The fourth-order valence-electron chi connectivity index (χ4n) is 1.02. The molecule has 1 unspecified atom stereocenters. The fourth-order valence-corrected chi connectivity index (χ4v) is 1.02. The number of hydrogen-bond donors (Lipinski definition) is 2. The van der Waals surface area contributed by atoms with Crippen molar-refractivity contribution < 1.29 is 19.2 Å². The number of carbonyl (C=O) groups is 2. The molecule has 1 rings (SSSR count). The van der Waals surface area contributed by atoms with Crippen molar-refractivity contribution in [1.82, 2.24) is 10.5 Å². The first-order chi connectivity index (χ1) is 7.54. The van der Waals surface area contributed by atoms with Crippen molar-refractivity contribution >= 4 is 11.9 Å². The van der Waals surface area contributed by atoms with Gasteiger partial charge in [-0.2, -0.15) is 0 Å². The van der Waals surface area contributed by atoms with Crippen LogP contribution in [-0.2, 0) is 4.79 Å². The van der Waals surface area contributed by atoms with E-state index >= 15 is 0 Å². The minimum atomic E-state index is -1.19. The number of aliphatic carboxylic acids is 1. The summed E-state index contributed by atoms with van der Waals surface area (Å²) in [6.45, 7) is 1.62. The van der Waals surface area contributed by atoms with E-state index in [1.165, 1.54) is 6.07 Å². The fraction of sp³-hybridized carbons (Fsp3) is 0.300. The number of carbonyl (C=O) groups excluding carboxylic acids is 1. The third-order valence-electron chi connectivity index (χ3n) is 1.79. The van der Waals surface area contributed by atoms with E-state index in [1.54, 1.807) is 6.92 Å². The lowest BCUT2D eigenvalue weighted by molar-refractivity contribution is -0.139. The van der Waals surface area contributed by atoms with Gasteiger partial charge in [-0.1, -0.05) is 5.16 Å². The Hall–Kier alpha value is -2.29. The summed E-state index contributed by atoms with van der Waals surface area (Å²) in [6.07, 6.45) is 4.90. The Morgan fingerprint density at radius 2 is 2.44 bits per heavy atom. The largest absolute Gasteiger partial charge is 0.480 e. The van der Waals surface area contributed by atoms with Crippen molar-refractivity contribution in [3.8, 4) is 12.3 Å². The van der Waals surface area contributed by atoms with Crippen molar-refractivity contribution in [2.75, 3.05) is 0 Å². The van der Waals surface area contributed by atoms with E-state index in [-0.39, 0.29) is 12.1 Å². The van der Waals surface area contributed by atoms with Gasteiger partial charge in [0.2, 0.25) is 0 Å². The van der Waals surface area contributed by atoms with Crippen molar-refractivity contribution in [3.05, 3.63) is 17.5 Å². The number of rotatable bonds is 4. The molecule has 2 N–H and O–H groups in total. The normalized spacial score (nSPS) is 11.5. The Kier molecular flexibility index (Phi) is 3.67. The van der Waals surface area contributed by atoms with Crippen LogP contribution >= 0.6 is 0 Å². The molecule has 1 aromatic rings. The quantitative estimate of drug-likeness (QED) is 0.709. The SMILES string of the molecule is C#CCC(NC(=O)c1cc(C)on1)C(=O)O. The van der Waals surface area contributed by atoms with E-state index in [0.717, 1.165) is 0 Å². The molecule has 0 aliphatic carbocycles. The van der Waals surface area contributed by atoms with Crippen LogP contribution in [0.4, 0.5) is 0 Å². The summed E-state index contributed by atoms with van der Waals surface area (Å²) in [7, 11) is 0. The number of aryl methyl sites for hydroxylation is 1. The zero-order valence-electron chi connectivity index (χ0n) is 8.56. The Morgan fingerprint density at radius 3 is 2.88 bits per heavy atom. The molecule has 1 heterocycles. The highest BCUT2D eigenvalue weighted by molar-refractivity contribution is 5.94. The van der Waals surface area contributed by atoms with Crippen LogP contribution in [0.2, 0.25) is 0 Å². The topological polar surface area (TPSA) is 92.4 Å². The minimum Gasteiger partial charge on any atom is -0.480 e. The highest BCUT2D eigenvalue weighted by atomic mass is 16.5. The molecule has 6 heteroatoms. The number of carboxylic acids is 1. The monoisotopic (exact) mass is 222 g/mol. The molecule has 1 atom stereocenters. The zero-order chi connectivity index (χ0) is 12.1. The van der Waals surface area contributed by atoms with Gasteiger partial charge in [-0.3, -0.25) is 4.79 Å². The van der Waals surface area contributed by atoms with Crippen molar-refractivity contribution in [3.63, 3.8) is 0 Å². The molecular formula is C10H10N2O4. The van der Waals surface area contributed by atoms with E-state index < -0.39 is 17.9 Å². The van der Waals surface area contributed by atoms with E-state index in [1.807, 2.05) is 0 Å². The maximum Gasteiger partial charge on any atom is 0.327 e. The smallest absolute Gasteiger partial charge is 0.327 e. The molecule has 0 bridgehead atoms. The second kappa shape index (κ2) is 4.98. The molecule has 0 aliphatic heterocycles. The van der Waals surface area contributed by atoms with Gasteiger partial charge in [0.15, 0.2) is 5.69 Å². The molecule has 0 fully saturated rings. The molecular weight excluding hydrogens is 212 g/mol. The summed E-state index contributed by atoms with van der Waals surface area (Å²) in [5, 5.41) is 14.5. The molecule has 0 radical (unpaired) electrons. The highest BCUT2D eigenvalue weighted by Crippen LogP contribution is 2.02. The number of nitrogens with zero attached hydrogens (tertiary/aromatic N) is 1. The van der Waals surface area contributed by atoms with Crippen molar-refractivity contribution in [2.45, 2.75) is 19.4 Å². The second-order valence-electron chi connectivity index (χ2n) is 3.10. The maximum atomic E-state index is 11.5. The summed E-state index contributed by atoms with van der Waals surface area (Å²) >= 11 is 0. The first-order valence-corrected chi connectivity index (χ1v) is 4.45. The molecule has 84 valence electrons. The number of hydrogen-bond acceptors (Lipinski definition) is 4. The lowest BCUT2D eigenvalue weighted by atomic mass is 10.2. The van der Waals surface area contributed by atoms with Crippen molar-refractivity contribution in [2.24, 2.45) is 0 Å². The van der Waals surface area contributed by atoms with Gasteiger partial charge in [-0.05, 0) is 6.92 Å². The van der Waals surface area contributed by atoms with E-state index in [0.29, 0.717) is 5.76 Å². The summed E-state index contributed by atoms with van der Waals surface area (Å²) in [4.78, 5) is 22.2. The van der Waals surface area contributed by atoms with Gasteiger partial charge in [0.05, 0.1) is 0 Å². The van der Waals surface area contributed by atoms with Gasteiger partial charge >= 0.3 is 5.97 Å². The van der Waals surface area contributed by atoms with Crippen LogP contribution in [0.25, 0.3) is 0 Å². The van der Waals surface area contributed by atoms with Gasteiger partial charge < -0.3 is 14.9 Å². The third-order valence-corrected chi connectivity index (χ3v) is 1.79. The van der Waals surface area contributed by atoms with Crippen LogP contribution in [0.3, 0.4) is 0 Å². The summed E-state index contributed by atoms with van der Waals surface area (Å²) in [5.41, 5.74) is 0.0285. The zero-order valence-corrected chi connectivity index (χ0v) is 8.56. The lowest BCUT2D eigenvalue weighted by Crippen LogP contribution is -2.40. The number of nitrogens with one attached hydrogen (secondary N) is 1. The minimum absolute atomic E-state index is 0.0285. The van der Waals surface area contributed by atoms with E-state index in [4.69, 9.17) is 11.5 Å². The molecule has 1 aromatic heterocycles. The van der Waals surface area contributed by atoms with Crippen molar-refractivity contribution in [1.29, 1.82) is 0 Å². The average Bonchev–Trinajstić information content (AvgIpc) is 2.64. The molecule has 0 aliphatic rings. The molecule has 0 spiro atoms. The van der Waals surface area contributed by atoms with Crippen LogP contribution in [0.15, 0.2) is 10.6 Å². The van der Waals surface area contributed by atoms with Crippen LogP contribution in [0.1, 0.15) is 22.7 Å². The molecule has 0 saturated carbocycles. The van der Waals surface area contributed by atoms with Gasteiger partial charge in [0.25, 0.3) is 5.91 Å². The van der Waals surface area contributed by atoms with Gasteiger partial charge in [-0.25, -0.2) is 4.79 Å². The molecule has 0 aromatic carbocycles. The number of carboxylic acid groups (broad SMARTS) is 1. The van der Waals surface area contributed by atoms with E-state index in [2.05, 4.69) is 20.9 Å². The number of amides is 1. The predicted molar refractivity (Wildman–Crippen MR) is 53.6 cm³/mol. The number of terminal acetylenes is 1. The Balaban J connectivity index is 2.69. The van der Waals surface area contributed by atoms with Gasteiger partial charge in [0.1, 0.15) is 11.8 Å². The maximum absolute atomic E-state index is 11.5. The first-order valence-electron chi connectivity index (χ1n) is 4.45. The molecule has 0 saturated heterocycles. The first kappa shape index (κ1) is 11.8. The summed E-state index contributed by atoms with van der Waals surface area (Å²) in [5.74, 6) is 0.825. The lowest BCUT2D eigenvalue weighted by Gasteiger charge is -2.09. The predicted octanol–water partition coefficient (Wildman–Crippen LogP) is 0.189. The Labute approximate surface area is 91.6 Å². The molecule has 16 heavy (non-hydrogen) atoms. The number of aromatic nitrogens is 1. The van der Waals surface area contributed by atoms with Gasteiger partial charge in [-0.15, -0.1) is 12.3 Å². The summed E-state index contributed by atoms with van der Waals surface area (Å²) in [6, 6.07) is 0.291. The van der Waals surface area contributed by atoms with Crippen LogP contribution in [0, 0.1) is 19.3 Å².